The van der Waals surface area contributed by atoms with Crippen LogP contribution in [0.5, 0.6) is 11.5 Å². The Morgan fingerprint density at radius 1 is 1.22 bits per heavy atom. The van der Waals surface area contributed by atoms with Gasteiger partial charge >= 0.3 is 0 Å². The normalized spacial score (nSPS) is 10.7. The summed E-state index contributed by atoms with van der Waals surface area (Å²) in [6.07, 6.45) is 5.67. The molecule has 0 saturated heterocycles. The van der Waals surface area contributed by atoms with Crippen LogP contribution in [0.15, 0.2) is 60.1 Å². The van der Waals surface area contributed by atoms with E-state index in [1.54, 1.807) is 30.7 Å². The minimum absolute atomic E-state index is 0.110. The third kappa shape index (κ3) is 4.95. The van der Waals surface area contributed by atoms with Crippen molar-refractivity contribution in [3.8, 4) is 22.1 Å². The highest BCUT2D eigenvalue weighted by Crippen LogP contribution is 2.29. The number of allylic oxidation sites excluding steroid dienone is 1. The Morgan fingerprint density at radius 2 is 2.11 bits per heavy atom. The Balaban J connectivity index is 1.63. The number of nitrogens with zero attached hydrogens (tertiary/aromatic N) is 1. The molecule has 1 N–H and O–H groups in total. The van der Waals surface area contributed by atoms with Gasteiger partial charge in [-0.1, -0.05) is 30.4 Å². The second kappa shape index (κ2) is 9.00. The zero-order valence-electron chi connectivity index (χ0n) is 15.1. The van der Waals surface area contributed by atoms with E-state index >= 15 is 0 Å². The number of methoxy groups -OCH3 is 1. The maximum atomic E-state index is 12.3. The van der Waals surface area contributed by atoms with Crippen molar-refractivity contribution in [2.45, 2.75) is 6.92 Å². The van der Waals surface area contributed by atoms with E-state index in [4.69, 9.17) is 9.47 Å². The lowest BCUT2D eigenvalue weighted by Gasteiger charge is -2.12. The number of nitrogens with one attached hydrogen (secondary N) is 1. The number of benzene rings is 2. The molecular weight excluding hydrogens is 360 g/mol. The molecule has 1 heterocycles. The van der Waals surface area contributed by atoms with Gasteiger partial charge in [-0.25, -0.2) is 4.98 Å². The van der Waals surface area contributed by atoms with Crippen LogP contribution >= 0.6 is 11.3 Å². The van der Waals surface area contributed by atoms with Crippen LogP contribution in [0.25, 0.3) is 16.6 Å². The van der Waals surface area contributed by atoms with E-state index in [0.29, 0.717) is 17.2 Å². The van der Waals surface area contributed by atoms with Gasteiger partial charge in [-0.05, 0) is 36.8 Å². The molecule has 27 heavy (non-hydrogen) atoms. The zero-order valence-corrected chi connectivity index (χ0v) is 16.0. The molecular formula is C21H20N2O3S. The summed E-state index contributed by atoms with van der Waals surface area (Å²) in [4.78, 5) is 16.5. The van der Waals surface area contributed by atoms with Crippen LogP contribution in [0.3, 0.4) is 0 Å². The average molecular weight is 380 g/mol. The number of ether oxygens (including phenoxy) is 2. The third-order valence-corrected chi connectivity index (χ3v) is 4.55. The maximum Gasteiger partial charge on any atom is 0.262 e. The van der Waals surface area contributed by atoms with Crippen molar-refractivity contribution < 1.29 is 14.3 Å². The predicted octanol–water partition coefficient (Wildman–Crippen LogP) is 4.87. The predicted molar refractivity (Wildman–Crippen MR) is 109 cm³/mol. The van der Waals surface area contributed by atoms with E-state index in [9.17, 15) is 4.79 Å². The minimum atomic E-state index is -0.245. The Morgan fingerprint density at radius 3 is 2.85 bits per heavy atom. The topological polar surface area (TPSA) is 60.5 Å². The van der Waals surface area contributed by atoms with Crippen molar-refractivity contribution >= 4 is 29.0 Å². The molecule has 0 bridgehead atoms. The van der Waals surface area contributed by atoms with Crippen molar-refractivity contribution in [3.05, 3.63) is 65.7 Å². The van der Waals surface area contributed by atoms with Crippen molar-refractivity contribution in [3.63, 3.8) is 0 Å². The number of hydrogen-bond donors (Lipinski definition) is 1. The lowest BCUT2D eigenvalue weighted by Crippen LogP contribution is -2.20. The summed E-state index contributed by atoms with van der Waals surface area (Å²) < 4.78 is 11.0. The summed E-state index contributed by atoms with van der Waals surface area (Å²) in [5.41, 5.74) is 2.67. The van der Waals surface area contributed by atoms with Crippen LogP contribution in [0.1, 0.15) is 12.5 Å². The fourth-order valence-electron chi connectivity index (χ4n) is 2.54. The highest BCUT2D eigenvalue weighted by molar-refractivity contribution is 7.13. The molecule has 0 aliphatic heterocycles. The van der Waals surface area contributed by atoms with E-state index < -0.39 is 0 Å². The van der Waals surface area contributed by atoms with Gasteiger partial charge in [-0.15, -0.1) is 11.3 Å². The molecule has 2 aromatic carbocycles. The number of hydrogen-bond acceptors (Lipinski definition) is 5. The summed E-state index contributed by atoms with van der Waals surface area (Å²) in [6, 6.07) is 13.1. The number of carbonyl (C=O) groups is 1. The van der Waals surface area contributed by atoms with E-state index in [0.717, 1.165) is 16.1 Å². The maximum absolute atomic E-state index is 12.3. The second-order valence-electron chi connectivity index (χ2n) is 5.67. The molecule has 0 saturated carbocycles. The molecule has 5 nitrogen and oxygen atoms in total. The lowest BCUT2D eigenvalue weighted by molar-refractivity contribution is -0.118. The largest absolute Gasteiger partial charge is 0.493 e. The van der Waals surface area contributed by atoms with E-state index in [-0.39, 0.29) is 12.5 Å². The van der Waals surface area contributed by atoms with Crippen molar-refractivity contribution in [2.75, 3.05) is 19.0 Å². The van der Waals surface area contributed by atoms with Crippen molar-refractivity contribution in [2.24, 2.45) is 0 Å². The van der Waals surface area contributed by atoms with Gasteiger partial charge in [-0.2, -0.15) is 0 Å². The zero-order chi connectivity index (χ0) is 19.1. The average Bonchev–Trinajstić information content (AvgIpc) is 3.22. The Labute approximate surface area is 162 Å². The summed E-state index contributed by atoms with van der Waals surface area (Å²) in [5.74, 6) is 0.868. The highest BCUT2D eigenvalue weighted by Gasteiger charge is 2.09. The molecule has 6 heteroatoms. The summed E-state index contributed by atoms with van der Waals surface area (Å²) in [7, 11) is 1.58. The first kappa shape index (κ1) is 18.7. The molecule has 0 atom stereocenters. The van der Waals surface area contributed by atoms with E-state index in [1.165, 1.54) is 0 Å². The number of thiazole rings is 1. The smallest absolute Gasteiger partial charge is 0.262 e. The van der Waals surface area contributed by atoms with Gasteiger partial charge < -0.3 is 14.8 Å². The van der Waals surface area contributed by atoms with Crippen LogP contribution in [-0.2, 0) is 4.79 Å². The molecule has 3 aromatic rings. The summed E-state index contributed by atoms with van der Waals surface area (Å²) >= 11 is 1.55. The number of aromatic nitrogens is 1. The highest BCUT2D eigenvalue weighted by atomic mass is 32.1. The van der Waals surface area contributed by atoms with Crippen LogP contribution in [0.2, 0.25) is 0 Å². The Hall–Kier alpha value is -3.12. The molecule has 0 aliphatic carbocycles. The van der Waals surface area contributed by atoms with Gasteiger partial charge in [0.15, 0.2) is 18.1 Å². The second-order valence-corrected chi connectivity index (χ2v) is 6.56. The van der Waals surface area contributed by atoms with Gasteiger partial charge in [0.1, 0.15) is 5.01 Å². The molecule has 0 spiro atoms. The van der Waals surface area contributed by atoms with Crippen LogP contribution < -0.4 is 14.8 Å². The van der Waals surface area contributed by atoms with Gasteiger partial charge in [0.2, 0.25) is 0 Å². The lowest BCUT2D eigenvalue weighted by atomic mass is 10.2. The first-order chi connectivity index (χ1) is 13.2. The van der Waals surface area contributed by atoms with Crippen molar-refractivity contribution in [1.82, 2.24) is 4.98 Å². The SMILES string of the molecule is C/C=C/c1ccc(OCC(=O)Nc2cccc(-c3nccs3)c2)c(OC)c1. The van der Waals surface area contributed by atoms with Crippen LogP contribution in [0, 0.1) is 0 Å². The molecule has 0 unspecified atom stereocenters. The molecule has 0 aliphatic rings. The number of anilines is 1. The number of amides is 1. The van der Waals surface area contributed by atoms with Gasteiger partial charge in [0.25, 0.3) is 5.91 Å². The first-order valence-corrected chi connectivity index (χ1v) is 9.31. The third-order valence-electron chi connectivity index (χ3n) is 3.73. The minimum Gasteiger partial charge on any atom is -0.493 e. The van der Waals surface area contributed by atoms with Crippen LogP contribution in [-0.4, -0.2) is 24.6 Å². The first-order valence-electron chi connectivity index (χ1n) is 8.43. The monoisotopic (exact) mass is 380 g/mol. The fourth-order valence-corrected chi connectivity index (χ4v) is 3.17. The molecule has 3 rings (SSSR count). The van der Waals surface area contributed by atoms with E-state index in [1.807, 2.05) is 60.9 Å². The molecule has 0 fully saturated rings. The van der Waals surface area contributed by atoms with Gasteiger partial charge in [0.05, 0.1) is 7.11 Å². The Bertz CT molecular complexity index is 936. The quantitative estimate of drug-likeness (QED) is 0.635. The number of rotatable bonds is 7. The summed E-state index contributed by atoms with van der Waals surface area (Å²) in [6.45, 7) is 1.84. The molecule has 138 valence electrons. The summed E-state index contributed by atoms with van der Waals surface area (Å²) in [5, 5.41) is 5.68. The van der Waals surface area contributed by atoms with Gasteiger partial charge in [-0.3, -0.25) is 4.79 Å². The van der Waals surface area contributed by atoms with Crippen molar-refractivity contribution in [1.29, 1.82) is 0 Å². The van der Waals surface area contributed by atoms with Gasteiger partial charge in [0, 0.05) is 22.8 Å². The molecule has 1 aromatic heterocycles. The van der Waals surface area contributed by atoms with E-state index in [2.05, 4.69) is 10.3 Å². The standard InChI is InChI=1S/C21H20N2O3S/c1-3-5-15-8-9-18(19(12-15)25-2)26-14-20(24)23-17-7-4-6-16(13-17)21-22-10-11-27-21/h3-13H,14H2,1-2H3,(H,23,24)/b5-3+. The number of carbonyl (C=O) groups excluding carboxylic acids is 1. The fraction of sp³-hybridized carbons (Fsp3) is 0.143. The van der Waals surface area contributed by atoms with Crippen LogP contribution in [0.4, 0.5) is 5.69 Å². The molecule has 1 amide bonds. The Kier molecular flexibility index (Phi) is 6.22. The molecule has 0 radical (unpaired) electrons.